The predicted molar refractivity (Wildman–Crippen MR) is 106 cm³/mol. The molecule has 0 aliphatic carbocycles. The Bertz CT molecular complexity index is 922. The minimum atomic E-state index is -0.295. The zero-order chi connectivity index (χ0) is 19.1. The van der Waals surface area contributed by atoms with Gasteiger partial charge in [0.1, 0.15) is 5.75 Å². The Labute approximate surface area is 158 Å². The molecular weight excluding hydrogens is 340 g/mol. The molecule has 0 aliphatic heterocycles. The fraction of sp³-hybridized carbons (Fsp3) is 0.0909. The van der Waals surface area contributed by atoms with Crippen molar-refractivity contribution >= 4 is 23.2 Å². The predicted octanol–water partition coefficient (Wildman–Crippen LogP) is 4.26. The van der Waals surface area contributed by atoms with Gasteiger partial charge in [-0.15, -0.1) is 0 Å². The van der Waals surface area contributed by atoms with Crippen LogP contribution in [-0.2, 0) is 4.79 Å². The van der Waals surface area contributed by atoms with Gasteiger partial charge in [0.2, 0.25) is 0 Å². The molecule has 0 atom stereocenters. The smallest absolute Gasteiger partial charge is 0.262 e. The number of para-hydroxylation sites is 1. The summed E-state index contributed by atoms with van der Waals surface area (Å²) >= 11 is 0. The second-order valence-electron chi connectivity index (χ2n) is 6.05. The van der Waals surface area contributed by atoms with Crippen LogP contribution >= 0.6 is 0 Å². The van der Waals surface area contributed by atoms with Gasteiger partial charge in [0.25, 0.3) is 11.8 Å². The number of amides is 2. The van der Waals surface area contributed by atoms with Gasteiger partial charge in [-0.05, 0) is 49.4 Å². The maximum absolute atomic E-state index is 12.3. The van der Waals surface area contributed by atoms with Crippen molar-refractivity contribution in [3.63, 3.8) is 0 Å². The maximum atomic E-state index is 12.3. The lowest BCUT2D eigenvalue weighted by molar-refractivity contribution is -0.118. The van der Waals surface area contributed by atoms with Crippen molar-refractivity contribution in [3.8, 4) is 5.75 Å². The molecule has 136 valence electrons. The molecular formula is C22H20N2O3. The lowest BCUT2D eigenvalue weighted by Gasteiger charge is -2.09. The minimum Gasteiger partial charge on any atom is -0.484 e. The molecule has 3 rings (SSSR count). The van der Waals surface area contributed by atoms with E-state index in [-0.39, 0.29) is 18.4 Å². The molecule has 2 amide bonds. The molecule has 0 fully saturated rings. The first kappa shape index (κ1) is 18.2. The molecule has 0 aliphatic rings. The van der Waals surface area contributed by atoms with E-state index in [4.69, 9.17) is 4.74 Å². The Morgan fingerprint density at radius 3 is 2.26 bits per heavy atom. The topological polar surface area (TPSA) is 67.4 Å². The van der Waals surface area contributed by atoms with Crippen molar-refractivity contribution in [2.75, 3.05) is 17.2 Å². The lowest BCUT2D eigenvalue weighted by Crippen LogP contribution is -2.20. The summed E-state index contributed by atoms with van der Waals surface area (Å²) in [6.07, 6.45) is 0. The highest BCUT2D eigenvalue weighted by Gasteiger charge is 2.09. The monoisotopic (exact) mass is 360 g/mol. The summed E-state index contributed by atoms with van der Waals surface area (Å²) in [4.78, 5) is 24.4. The molecule has 2 N–H and O–H groups in total. The second-order valence-corrected chi connectivity index (χ2v) is 6.05. The molecule has 0 spiro atoms. The van der Waals surface area contributed by atoms with E-state index < -0.39 is 0 Å². The quantitative estimate of drug-likeness (QED) is 0.690. The third kappa shape index (κ3) is 5.44. The van der Waals surface area contributed by atoms with E-state index in [0.717, 1.165) is 5.56 Å². The van der Waals surface area contributed by atoms with Crippen LogP contribution in [0.15, 0.2) is 78.9 Å². The molecule has 0 radical (unpaired) electrons. The van der Waals surface area contributed by atoms with E-state index in [1.54, 1.807) is 24.3 Å². The number of anilines is 2. The Morgan fingerprint density at radius 2 is 1.52 bits per heavy atom. The van der Waals surface area contributed by atoms with E-state index in [1.807, 2.05) is 61.5 Å². The van der Waals surface area contributed by atoms with E-state index in [2.05, 4.69) is 10.6 Å². The van der Waals surface area contributed by atoms with Crippen molar-refractivity contribution in [3.05, 3.63) is 90.0 Å². The van der Waals surface area contributed by atoms with Crippen molar-refractivity contribution in [1.29, 1.82) is 0 Å². The number of aryl methyl sites for hydroxylation is 1. The Balaban J connectivity index is 1.57. The molecule has 3 aromatic carbocycles. The second kappa shape index (κ2) is 8.67. The average molecular weight is 360 g/mol. The highest BCUT2D eigenvalue weighted by atomic mass is 16.5. The molecule has 0 aromatic heterocycles. The first-order valence-corrected chi connectivity index (χ1v) is 8.56. The van der Waals surface area contributed by atoms with E-state index >= 15 is 0 Å². The van der Waals surface area contributed by atoms with E-state index in [9.17, 15) is 9.59 Å². The van der Waals surface area contributed by atoms with Crippen LogP contribution in [0.25, 0.3) is 0 Å². The van der Waals surface area contributed by atoms with Gasteiger partial charge in [-0.3, -0.25) is 9.59 Å². The number of rotatable bonds is 6. The van der Waals surface area contributed by atoms with Crippen LogP contribution in [0.5, 0.6) is 5.75 Å². The number of nitrogens with one attached hydrogen (secondary N) is 2. The van der Waals surface area contributed by atoms with E-state index in [1.165, 1.54) is 0 Å². The lowest BCUT2D eigenvalue weighted by atomic mass is 10.2. The third-order valence-corrected chi connectivity index (χ3v) is 3.83. The van der Waals surface area contributed by atoms with Crippen molar-refractivity contribution in [2.24, 2.45) is 0 Å². The van der Waals surface area contributed by atoms with Crippen LogP contribution in [-0.4, -0.2) is 18.4 Å². The molecule has 0 bridgehead atoms. The summed E-state index contributed by atoms with van der Waals surface area (Å²) in [7, 11) is 0. The number of carbonyl (C=O) groups is 2. The fourth-order valence-corrected chi connectivity index (χ4v) is 2.44. The summed E-state index contributed by atoms with van der Waals surface area (Å²) in [6, 6.07) is 23.4. The number of carbonyl (C=O) groups excluding carboxylic acids is 2. The summed E-state index contributed by atoms with van der Waals surface area (Å²) in [6.45, 7) is 1.88. The minimum absolute atomic E-state index is 0.108. The first-order valence-electron chi connectivity index (χ1n) is 8.56. The van der Waals surface area contributed by atoms with Gasteiger partial charge in [-0.1, -0.05) is 42.0 Å². The summed E-state index contributed by atoms with van der Waals surface area (Å²) in [5, 5.41) is 5.55. The van der Waals surface area contributed by atoms with Crippen LogP contribution in [0.1, 0.15) is 15.9 Å². The van der Waals surface area contributed by atoms with Crippen LogP contribution in [0.3, 0.4) is 0 Å². The van der Waals surface area contributed by atoms with Gasteiger partial charge in [0.05, 0.1) is 0 Å². The molecule has 0 unspecified atom stereocenters. The zero-order valence-corrected chi connectivity index (χ0v) is 14.9. The van der Waals surface area contributed by atoms with Crippen molar-refractivity contribution in [1.82, 2.24) is 0 Å². The van der Waals surface area contributed by atoms with Gasteiger partial charge in [-0.25, -0.2) is 0 Å². The van der Waals surface area contributed by atoms with Crippen LogP contribution in [0, 0.1) is 6.92 Å². The Kier molecular flexibility index (Phi) is 5.84. The first-order chi connectivity index (χ1) is 13.1. The average Bonchev–Trinajstić information content (AvgIpc) is 2.68. The number of ether oxygens (including phenoxy) is 1. The Hall–Kier alpha value is -3.60. The Morgan fingerprint density at radius 1 is 0.815 bits per heavy atom. The molecule has 5 nitrogen and oxygen atoms in total. The molecule has 0 saturated heterocycles. The SMILES string of the molecule is Cc1ccc(OCC(=O)Nc2cccc(C(=O)Nc3ccccc3)c2)cc1. The molecule has 0 heterocycles. The van der Waals surface area contributed by atoms with Crippen molar-refractivity contribution < 1.29 is 14.3 Å². The van der Waals surface area contributed by atoms with Gasteiger partial charge in [0.15, 0.2) is 6.61 Å². The van der Waals surface area contributed by atoms with E-state index in [0.29, 0.717) is 22.7 Å². The van der Waals surface area contributed by atoms with Crippen LogP contribution < -0.4 is 15.4 Å². The number of hydrogen-bond donors (Lipinski definition) is 2. The highest BCUT2D eigenvalue weighted by molar-refractivity contribution is 6.05. The fourth-order valence-electron chi connectivity index (χ4n) is 2.44. The van der Waals surface area contributed by atoms with Gasteiger partial charge in [-0.2, -0.15) is 0 Å². The largest absolute Gasteiger partial charge is 0.484 e. The summed E-state index contributed by atoms with van der Waals surface area (Å²) < 4.78 is 5.46. The molecule has 0 saturated carbocycles. The highest BCUT2D eigenvalue weighted by Crippen LogP contribution is 2.14. The molecule has 3 aromatic rings. The number of benzene rings is 3. The van der Waals surface area contributed by atoms with Gasteiger partial charge >= 0.3 is 0 Å². The normalized spacial score (nSPS) is 10.1. The summed E-state index contributed by atoms with van der Waals surface area (Å²) in [5.74, 6) is 0.0936. The summed E-state index contributed by atoms with van der Waals surface area (Å²) in [5.41, 5.74) is 2.82. The van der Waals surface area contributed by atoms with Gasteiger partial charge < -0.3 is 15.4 Å². The zero-order valence-electron chi connectivity index (χ0n) is 14.9. The van der Waals surface area contributed by atoms with Crippen LogP contribution in [0.2, 0.25) is 0 Å². The van der Waals surface area contributed by atoms with Gasteiger partial charge in [0, 0.05) is 16.9 Å². The molecule has 5 heteroatoms. The third-order valence-electron chi connectivity index (χ3n) is 3.83. The maximum Gasteiger partial charge on any atom is 0.262 e. The standard InChI is InChI=1S/C22H20N2O3/c1-16-10-12-20(13-11-16)27-15-21(25)23-19-9-5-6-17(14-19)22(26)24-18-7-3-2-4-8-18/h2-14H,15H2,1H3,(H,23,25)(H,24,26). The van der Waals surface area contributed by atoms with Crippen molar-refractivity contribution in [2.45, 2.75) is 6.92 Å². The molecule has 27 heavy (non-hydrogen) atoms. The number of hydrogen-bond acceptors (Lipinski definition) is 3. The van der Waals surface area contributed by atoms with Crippen LogP contribution in [0.4, 0.5) is 11.4 Å².